The maximum absolute atomic E-state index is 12.3. The minimum absolute atomic E-state index is 0.171. The second kappa shape index (κ2) is 4.11. The minimum Gasteiger partial charge on any atom is -0.491 e. The van der Waals surface area contributed by atoms with Gasteiger partial charge in [0.25, 0.3) is 6.43 Å². The number of H-pyrrole nitrogens is 1. The summed E-state index contributed by atoms with van der Waals surface area (Å²) in [4.78, 5) is 12.5. The van der Waals surface area contributed by atoms with Crippen LogP contribution in [0.15, 0.2) is 10.9 Å². The van der Waals surface area contributed by atoms with Crippen LogP contribution in [-0.4, -0.2) is 12.1 Å². The van der Waals surface area contributed by atoms with Crippen molar-refractivity contribution in [2.24, 2.45) is 0 Å². The molecule has 0 saturated heterocycles. The van der Waals surface area contributed by atoms with Crippen LogP contribution in [0, 0.1) is 0 Å². The van der Waals surface area contributed by atoms with Gasteiger partial charge >= 0.3 is 6.18 Å². The Bertz CT molecular complexity index is 437. The summed E-state index contributed by atoms with van der Waals surface area (Å²) in [5, 5.41) is 0. The van der Waals surface area contributed by atoms with Gasteiger partial charge in [0, 0.05) is 6.07 Å². The molecule has 8 heteroatoms. The predicted octanol–water partition coefficient (Wildman–Crippen LogP) is 2.34. The highest BCUT2D eigenvalue weighted by Gasteiger charge is 2.34. The van der Waals surface area contributed by atoms with Crippen LogP contribution in [0.2, 0.25) is 0 Å². The quantitative estimate of drug-likeness (QED) is 0.810. The Labute approximate surface area is 85.8 Å². The van der Waals surface area contributed by atoms with Crippen molar-refractivity contribution in [3.8, 4) is 5.75 Å². The second-order valence-electron chi connectivity index (χ2n) is 2.79. The highest BCUT2D eigenvalue weighted by atomic mass is 19.4. The van der Waals surface area contributed by atoms with Gasteiger partial charge in [-0.1, -0.05) is 0 Å². The van der Waals surface area contributed by atoms with E-state index in [0.29, 0.717) is 0 Å². The molecule has 0 aliphatic heterocycles. The van der Waals surface area contributed by atoms with Gasteiger partial charge in [-0.15, -0.1) is 0 Å². The zero-order valence-electron chi connectivity index (χ0n) is 7.86. The van der Waals surface area contributed by atoms with Crippen molar-refractivity contribution in [3.63, 3.8) is 0 Å². The fraction of sp³-hybridized carbons (Fsp3) is 0.375. The van der Waals surface area contributed by atoms with Gasteiger partial charge in [0.15, 0.2) is 5.75 Å². The van der Waals surface area contributed by atoms with E-state index in [0.717, 1.165) is 7.11 Å². The molecule has 1 heterocycles. The number of hydrogen-bond acceptors (Lipinski definition) is 2. The topological polar surface area (TPSA) is 42.1 Å². The first-order valence-electron chi connectivity index (χ1n) is 3.94. The highest BCUT2D eigenvalue weighted by molar-refractivity contribution is 5.31. The van der Waals surface area contributed by atoms with E-state index in [1.807, 2.05) is 0 Å². The second-order valence-corrected chi connectivity index (χ2v) is 2.79. The summed E-state index contributed by atoms with van der Waals surface area (Å²) in [6.45, 7) is 0. The summed E-state index contributed by atoms with van der Waals surface area (Å²) in [6.07, 6.45) is -8.15. The fourth-order valence-electron chi connectivity index (χ4n) is 1.08. The van der Waals surface area contributed by atoms with Crippen molar-refractivity contribution in [3.05, 3.63) is 27.7 Å². The molecule has 0 bridgehead atoms. The molecule has 0 saturated carbocycles. The molecule has 0 amide bonds. The standard InChI is InChI=1S/C8H6F5NO2/c1-16-6-3(15)2-4(8(11,12)13)14-5(6)7(9)10/h2,7H,1H3,(H,14,15). The lowest BCUT2D eigenvalue weighted by atomic mass is 10.2. The zero-order chi connectivity index (χ0) is 12.5. The van der Waals surface area contributed by atoms with E-state index in [2.05, 4.69) is 4.74 Å². The van der Waals surface area contributed by atoms with Gasteiger partial charge in [0.2, 0.25) is 5.43 Å². The van der Waals surface area contributed by atoms with Crippen molar-refractivity contribution in [2.45, 2.75) is 12.6 Å². The van der Waals surface area contributed by atoms with Crippen LogP contribution in [0.25, 0.3) is 0 Å². The van der Waals surface area contributed by atoms with E-state index in [-0.39, 0.29) is 6.07 Å². The third kappa shape index (κ3) is 2.31. The maximum Gasteiger partial charge on any atom is 0.431 e. The lowest BCUT2D eigenvalue weighted by Gasteiger charge is -2.11. The summed E-state index contributed by atoms with van der Waals surface area (Å²) in [5.74, 6) is -0.817. The highest BCUT2D eigenvalue weighted by Crippen LogP contribution is 2.31. The van der Waals surface area contributed by atoms with E-state index in [1.165, 1.54) is 4.98 Å². The molecule has 0 spiro atoms. The molecule has 0 unspecified atom stereocenters. The van der Waals surface area contributed by atoms with Gasteiger partial charge in [-0.3, -0.25) is 4.79 Å². The van der Waals surface area contributed by atoms with E-state index >= 15 is 0 Å². The minimum atomic E-state index is -4.89. The molecule has 0 fully saturated rings. The molecule has 16 heavy (non-hydrogen) atoms. The largest absolute Gasteiger partial charge is 0.491 e. The Hall–Kier alpha value is -1.60. The third-order valence-corrected chi connectivity index (χ3v) is 1.74. The van der Waals surface area contributed by atoms with Crippen LogP contribution < -0.4 is 10.2 Å². The molecule has 0 atom stereocenters. The lowest BCUT2D eigenvalue weighted by Crippen LogP contribution is -2.18. The first-order valence-corrected chi connectivity index (χ1v) is 3.94. The molecular formula is C8H6F5NO2. The van der Waals surface area contributed by atoms with Gasteiger partial charge in [-0.05, 0) is 0 Å². The van der Waals surface area contributed by atoms with Crippen LogP contribution in [0.5, 0.6) is 5.75 Å². The molecule has 0 aliphatic carbocycles. The molecular weight excluding hydrogens is 237 g/mol. The third-order valence-electron chi connectivity index (χ3n) is 1.74. The summed E-state index contributed by atoms with van der Waals surface area (Å²) < 4.78 is 65.6. The van der Waals surface area contributed by atoms with Crippen LogP contribution in [0.3, 0.4) is 0 Å². The molecule has 0 aromatic carbocycles. The normalized spacial score (nSPS) is 11.9. The Kier molecular flexibility index (Phi) is 3.20. The molecule has 1 N–H and O–H groups in total. The smallest absolute Gasteiger partial charge is 0.431 e. The van der Waals surface area contributed by atoms with Gasteiger partial charge in [-0.2, -0.15) is 13.2 Å². The molecule has 90 valence electrons. The predicted molar refractivity (Wildman–Crippen MR) is 43.6 cm³/mol. The fourth-order valence-corrected chi connectivity index (χ4v) is 1.08. The first-order chi connectivity index (χ1) is 7.27. The van der Waals surface area contributed by atoms with E-state index in [9.17, 15) is 26.7 Å². The average Bonchev–Trinajstić information content (AvgIpc) is 2.14. The number of methoxy groups -OCH3 is 1. The number of ether oxygens (including phenoxy) is 1. The molecule has 1 aromatic rings. The Morgan fingerprint density at radius 1 is 1.38 bits per heavy atom. The number of aromatic nitrogens is 1. The summed E-state index contributed by atoms with van der Waals surface area (Å²) in [5.41, 5.74) is -3.96. The number of nitrogens with one attached hydrogen (secondary N) is 1. The summed E-state index contributed by atoms with van der Waals surface area (Å²) in [6, 6.07) is 0.171. The molecule has 1 aromatic heterocycles. The van der Waals surface area contributed by atoms with Gasteiger partial charge in [0.1, 0.15) is 11.4 Å². The molecule has 3 nitrogen and oxygen atoms in total. The number of halogens is 5. The number of pyridine rings is 1. The van der Waals surface area contributed by atoms with Crippen molar-refractivity contribution >= 4 is 0 Å². The van der Waals surface area contributed by atoms with Crippen LogP contribution in [-0.2, 0) is 6.18 Å². The molecule has 1 rings (SSSR count). The maximum atomic E-state index is 12.3. The summed E-state index contributed by atoms with van der Waals surface area (Å²) in [7, 11) is 0.920. The molecule has 0 aliphatic rings. The van der Waals surface area contributed by atoms with Crippen molar-refractivity contribution in [1.82, 2.24) is 4.98 Å². The molecule has 0 radical (unpaired) electrons. The first kappa shape index (κ1) is 12.5. The van der Waals surface area contributed by atoms with Crippen LogP contribution in [0.4, 0.5) is 22.0 Å². The Morgan fingerprint density at radius 3 is 2.31 bits per heavy atom. The van der Waals surface area contributed by atoms with E-state index in [4.69, 9.17) is 0 Å². The van der Waals surface area contributed by atoms with Crippen molar-refractivity contribution in [2.75, 3.05) is 7.11 Å². The van der Waals surface area contributed by atoms with E-state index < -0.39 is 35.2 Å². The monoisotopic (exact) mass is 243 g/mol. The SMILES string of the molecule is COc1c(C(F)F)[nH]c(C(F)(F)F)cc1=O. The average molecular weight is 243 g/mol. The zero-order valence-corrected chi connectivity index (χ0v) is 7.86. The summed E-state index contributed by atoms with van der Waals surface area (Å²) >= 11 is 0. The van der Waals surface area contributed by atoms with Crippen LogP contribution in [0.1, 0.15) is 17.8 Å². The Balaban J connectivity index is 3.46. The Morgan fingerprint density at radius 2 is 1.94 bits per heavy atom. The number of aromatic amines is 1. The number of rotatable bonds is 2. The lowest BCUT2D eigenvalue weighted by molar-refractivity contribution is -0.141. The van der Waals surface area contributed by atoms with Crippen molar-refractivity contribution in [1.29, 1.82) is 0 Å². The van der Waals surface area contributed by atoms with Crippen molar-refractivity contribution < 1.29 is 26.7 Å². The van der Waals surface area contributed by atoms with Gasteiger partial charge in [-0.25, -0.2) is 8.78 Å². The van der Waals surface area contributed by atoms with E-state index in [1.54, 1.807) is 0 Å². The number of hydrogen-bond donors (Lipinski definition) is 1. The van der Waals surface area contributed by atoms with Crippen LogP contribution >= 0.6 is 0 Å². The number of alkyl halides is 5. The van der Waals surface area contributed by atoms with Gasteiger partial charge < -0.3 is 9.72 Å². The van der Waals surface area contributed by atoms with Gasteiger partial charge in [0.05, 0.1) is 7.11 Å².